The molecule has 1 aliphatic rings. The van der Waals surface area contributed by atoms with Crippen LogP contribution in [-0.2, 0) is 9.59 Å². The monoisotopic (exact) mass is 263 g/mol. The number of aliphatic carboxylic acids is 1. The number of benzene rings is 1. The van der Waals surface area contributed by atoms with Crippen LogP contribution in [0.3, 0.4) is 0 Å². The number of nitrogens with one attached hydrogen (secondary N) is 1. The lowest BCUT2D eigenvalue weighted by molar-refractivity contribution is -0.139. The first-order valence-electron chi connectivity index (χ1n) is 5.78. The molecule has 3 N–H and O–H groups in total. The molecule has 0 bridgehead atoms. The molecular formula is C13H13NO5. The van der Waals surface area contributed by atoms with E-state index >= 15 is 0 Å². The minimum Gasteiger partial charge on any atom is -0.481 e. The second-order valence-electron chi connectivity index (χ2n) is 4.58. The molecule has 2 atom stereocenters. The summed E-state index contributed by atoms with van der Waals surface area (Å²) in [5, 5.41) is 20.3. The molecule has 1 fully saturated rings. The van der Waals surface area contributed by atoms with Gasteiger partial charge in [-0.3, -0.25) is 9.59 Å². The van der Waals surface area contributed by atoms with Gasteiger partial charge in [-0.15, -0.1) is 0 Å². The van der Waals surface area contributed by atoms with Gasteiger partial charge >= 0.3 is 11.9 Å². The summed E-state index contributed by atoms with van der Waals surface area (Å²) < 4.78 is 0. The van der Waals surface area contributed by atoms with E-state index in [4.69, 9.17) is 10.2 Å². The first-order chi connectivity index (χ1) is 8.91. The molecule has 0 aliphatic heterocycles. The summed E-state index contributed by atoms with van der Waals surface area (Å²) in [6, 6.07) is 4.67. The van der Waals surface area contributed by atoms with Crippen molar-refractivity contribution in [3.05, 3.63) is 29.3 Å². The maximum Gasteiger partial charge on any atom is 0.337 e. The van der Waals surface area contributed by atoms with E-state index in [0.717, 1.165) is 0 Å². The van der Waals surface area contributed by atoms with Gasteiger partial charge in [0.25, 0.3) is 0 Å². The topological polar surface area (TPSA) is 104 Å². The van der Waals surface area contributed by atoms with Crippen LogP contribution in [0.1, 0.15) is 22.3 Å². The van der Waals surface area contributed by atoms with Crippen LogP contribution in [-0.4, -0.2) is 28.1 Å². The molecule has 6 nitrogen and oxygen atoms in total. The van der Waals surface area contributed by atoms with E-state index in [9.17, 15) is 14.4 Å². The Labute approximate surface area is 109 Å². The summed E-state index contributed by atoms with van der Waals surface area (Å²) in [7, 11) is 0. The quantitative estimate of drug-likeness (QED) is 0.760. The summed E-state index contributed by atoms with van der Waals surface area (Å²) in [6.07, 6.45) is 0.301. The summed E-state index contributed by atoms with van der Waals surface area (Å²) in [5.74, 6) is -3.80. The molecule has 6 heteroatoms. The number of carbonyl (C=O) groups is 3. The number of aryl methyl sites for hydroxylation is 1. The Morgan fingerprint density at radius 2 is 1.89 bits per heavy atom. The fraction of sp³-hybridized carbons (Fsp3) is 0.308. The maximum atomic E-state index is 11.8. The molecule has 19 heavy (non-hydrogen) atoms. The summed E-state index contributed by atoms with van der Waals surface area (Å²) in [6.45, 7) is 1.68. The number of rotatable bonds is 4. The molecule has 0 spiro atoms. The van der Waals surface area contributed by atoms with Gasteiger partial charge < -0.3 is 15.5 Å². The highest BCUT2D eigenvalue weighted by Gasteiger charge is 2.48. The fourth-order valence-electron chi connectivity index (χ4n) is 1.99. The highest BCUT2D eigenvalue weighted by Crippen LogP contribution is 2.39. The van der Waals surface area contributed by atoms with E-state index in [1.54, 1.807) is 19.1 Å². The second kappa shape index (κ2) is 4.72. The maximum absolute atomic E-state index is 11.8. The molecule has 1 aromatic rings. The van der Waals surface area contributed by atoms with Gasteiger partial charge in [-0.1, -0.05) is 12.1 Å². The summed E-state index contributed by atoms with van der Waals surface area (Å²) in [4.78, 5) is 33.6. The van der Waals surface area contributed by atoms with Crippen molar-refractivity contribution < 1.29 is 24.6 Å². The normalized spacial score (nSPS) is 20.7. The van der Waals surface area contributed by atoms with Crippen LogP contribution in [0.25, 0.3) is 0 Å². The Balaban J connectivity index is 2.18. The lowest BCUT2D eigenvalue weighted by atomic mass is 10.1. The third kappa shape index (κ3) is 2.57. The van der Waals surface area contributed by atoms with Crippen molar-refractivity contribution in [3.63, 3.8) is 0 Å². The van der Waals surface area contributed by atoms with Crippen LogP contribution in [0.5, 0.6) is 0 Å². The Kier molecular flexibility index (Phi) is 3.25. The number of anilines is 1. The average molecular weight is 263 g/mol. The van der Waals surface area contributed by atoms with E-state index in [-0.39, 0.29) is 11.3 Å². The third-order valence-electron chi connectivity index (χ3n) is 3.20. The van der Waals surface area contributed by atoms with E-state index in [1.807, 2.05) is 0 Å². The van der Waals surface area contributed by atoms with E-state index in [2.05, 4.69) is 5.32 Å². The van der Waals surface area contributed by atoms with Gasteiger partial charge in [0.1, 0.15) is 0 Å². The number of carboxylic acids is 2. The van der Waals surface area contributed by atoms with Gasteiger partial charge in [-0.2, -0.15) is 0 Å². The molecule has 1 amide bonds. The van der Waals surface area contributed by atoms with Crippen molar-refractivity contribution in [3.8, 4) is 0 Å². The lowest BCUT2D eigenvalue weighted by Crippen LogP contribution is -2.19. The van der Waals surface area contributed by atoms with Crippen LogP contribution >= 0.6 is 0 Å². The fourth-order valence-corrected chi connectivity index (χ4v) is 1.99. The predicted octanol–water partition coefficient (Wildman–Crippen LogP) is 1.35. The Hall–Kier alpha value is -2.37. The third-order valence-corrected chi connectivity index (χ3v) is 3.20. The summed E-state index contributed by atoms with van der Waals surface area (Å²) in [5.41, 5.74) is 0.859. The number of aromatic carboxylic acids is 1. The molecule has 0 aromatic heterocycles. The molecular weight excluding hydrogens is 250 g/mol. The van der Waals surface area contributed by atoms with Crippen LogP contribution in [0.15, 0.2) is 18.2 Å². The zero-order valence-corrected chi connectivity index (χ0v) is 10.2. The molecule has 1 aliphatic carbocycles. The Morgan fingerprint density at radius 3 is 2.42 bits per heavy atom. The van der Waals surface area contributed by atoms with Gasteiger partial charge in [0.15, 0.2) is 0 Å². The number of carboxylic acid groups (broad SMARTS) is 2. The molecule has 1 saturated carbocycles. The first-order valence-corrected chi connectivity index (χ1v) is 5.78. The smallest absolute Gasteiger partial charge is 0.337 e. The molecule has 0 heterocycles. The zero-order chi connectivity index (χ0) is 14.2. The van der Waals surface area contributed by atoms with E-state index in [1.165, 1.54) is 6.07 Å². The molecule has 100 valence electrons. The van der Waals surface area contributed by atoms with E-state index in [0.29, 0.717) is 12.0 Å². The number of hydrogen-bond donors (Lipinski definition) is 3. The van der Waals surface area contributed by atoms with E-state index < -0.39 is 29.7 Å². The van der Waals surface area contributed by atoms with Crippen molar-refractivity contribution in [1.82, 2.24) is 0 Å². The number of carbonyl (C=O) groups excluding carboxylic acids is 1. The van der Waals surface area contributed by atoms with Gasteiger partial charge in [0, 0.05) is 0 Å². The number of hydrogen-bond acceptors (Lipinski definition) is 3. The Morgan fingerprint density at radius 1 is 1.21 bits per heavy atom. The first kappa shape index (κ1) is 13.1. The molecule has 0 radical (unpaired) electrons. The van der Waals surface area contributed by atoms with Crippen LogP contribution < -0.4 is 5.32 Å². The van der Waals surface area contributed by atoms with Gasteiger partial charge in [-0.05, 0) is 25.0 Å². The Bertz CT molecular complexity index is 566. The van der Waals surface area contributed by atoms with Crippen molar-refractivity contribution in [2.75, 3.05) is 5.32 Å². The van der Waals surface area contributed by atoms with Crippen LogP contribution in [0, 0.1) is 18.8 Å². The molecule has 2 unspecified atom stereocenters. The SMILES string of the molecule is Cc1cccc(C(=O)O)c1NC(=O)C1CC1C(=O)O. The van der Waals surface area contributed by atoms with Crippen molar-refractivity contribution >= 4 is 23.5 Å². The highest BCUT2D eigenvalue weighted by molar-refractivity contribution is 6.04. The van der Waals surface area contributed by atoms with Crippen molar-refractivity contribution in [1.29, 1.82) is 0 Å². The van der Waals surface area contributed by atoms with Gasteiger partial charge in [0.2, 0.25) is 5.91 Å². The number of amides is 1. The van der Waals surface area contributed by atoms with Gasteiger partial charge in [0.05, 0.1) is 23.1 Å². The molecule has 0 saturated heterocycles. The molecule has 2 rings (SSSR count). The average Bonchev–Trinajstić information content (AvgIpc) is 3.11. The van der Waals surface area contributed by atoms with Crippen LogP contribution in [0.2, 0.25) is 0 Å². The largest absolute Gasteiger partial charge is 0.481 e. The minimum atomic E-state index is -1.13. The molecule has 1 aromatic carbocycles. The minimum absolute atomic E-state index is 0.000810. The van der Waals surface area contributed by atoms with Crippen molar-refractivity contribution in [2.45, 2.75) is 13.3 Å². The lowest BCUT2D eigenvalue weighted by Gasteiger charge is -2.11. The summed E-state index contributed by atoms with van der Waals surface area (Å²) >= 11 is 0. The number of para-hydroxylation sites is 1. The van der Waals surface area contributed by atoms with Crippen molar-refractivity contribution in [2.24, 2.45) is 11.8 Å². The predicted molar refractivity (Wildman–Crippen MR) is 66.0 cm³/mol. The second-order valence-corrected chi connectivity index (χ2v) is 4.58. The van der Waals surface area contributed by atoms with Gasteiger partial charge in [-0.25, -0.2) is 4.79 Å². The standard InChI is InChI=1S/C13H13NO5/c1-6-3-2-4-7(12(16)17)10(6)14-11(15)8-5-9(8)13(18)19/h2-4,8-9H,5H2,1H3,(H,14,15)(H,16,17)(H,18,19). The highest BCUT2D eigenvalue weighted by atomic mass is 16.4. The zero-order valence-electron chi connectivity index (χ0n) is 10.2. The van der Waals surface area contributed by atoms with Crippen LogP contribution in [0.4, 0.5) is 5.69 Å².